The molecule has 0 saturated heterocycles. The van der Waals surface area contributed by atoms with Crippen LogP contribution >= 0.6 is 0 Å². The molecule has 3 atom stereocenters. The highest BCUT2D eigenvalue weighted by atomic mass is 16.4. The Balaban J connectivity index is 2.73. The molecule has 19 heavy (non-hydrogen) atoms. The molecule has 0 heterocycles. The molecule has 0 spiro atoms. The van der Waals surface area contributed by atoms with Gasteiger partial charge < -0.3 is 10.2 Å². The van der Waals surface area contributed by atoms with Crippen LogP contribution in [0.1, 0.15) is 38.0 Å². The van der Waals surface area contributed by atoms with E-state index in [0.29, 0.717) is 0 Å². The zero-order valence-corrected chi connectivity index (χ0v) is 11.9. The van der Waals surface area contributed by atoms with Gasteiger partial charge in [0.25, 0.3) is 0 Å². The zero-order chi connectivity index (χ0) is 14.6. The second-order valence-electron chi connectivity index (χ2n) is 5.37. The summed E-state index contributed by atoms with van der Waals surface area (Å²) < 4.78 is 0. The van der Waals surface area contributed by atoms with Gasteiger partial charge in [0.1, 0.15) is 6.04 Å². The van der Waals surface area contributed by atoms with Crippen molar-refractivity contribution in [1.82, 2.24) is 5.32 Å². The lowest BCUT2D eigenvalue weighted by molar-refractivity contribution is -0.141. The van der Waals surface area contributed by atoms with Crippen LogP contribution in [0.4, 0.5) is 0 Å². The average Bonchev–Trinajstić information content (AvgIpc) is 2.34. The van der Waals surface area contributed by atoms with Crippen molar-refractivity contribution in [3.63, 3.8) is 0 Å². The summed E-state index contributed by atoms with van der Waals surface area (Å²) in [5.74, 6) is -0.928. The number of aliphatic hydroxyl groups excluding tert-OH is 1. The van der Waals surface area contributed by atoms with Crippen molar-refractivity contribution in [3.05, 3.63) is 35.4 Å². The molecule has 0 fully saturated rings. The number of aliphatic hydroxyl groups is 1. The second-order valence-corrected chi connectivity index (χ2v) is 5.37. The Morgan fingerprint density at radius 1 is 1.16 bits per heavy atom. The smallest absolute Gasteiger partial charge is 0.320 e. The maximum absolute atomic E-state index is 11.1. The Labute approximate surface area is 114 Å². The first kappa shape index (κ1) is 15.7. The maximum Gasteiger partial charge on any atom is 0.320 e. The van der Waals surface area contributed by atoms with Gasteiger partial charge in [-0.15, -0.1) is 0 Å². The van der Waals surface area contributed by atoms with E-state index in [1.54, 1.807) is 6.92 Å². The molecule has 0 aromatic heterocycles. The fourth-order valence-electron chi connectivity index (χ4n) is 1.98. The summed E-state index contributed by atoms with van der Waals surface area (Å²) >= 11 is 0. The third-order valence-electron chi connectivity index (χ3n) is 3.27. The first-order chi connectivity index (χ1) is 8.82. The van der Waals surface area contributed by atoms with Crippen LogP contribution in [0.5, 0.6) is 0 Å². The van der Waals surface area contributed by atoms with E-state index in [0.717, 1.165) is 11.1 Å². The predicted octanol–water partition coefficient (Wildman–Crippen LogP) is 2.12. The lowest BCUT2D eigenvalue weighted by Crippen LogP contribution is -2.47. The highest BCUT2D eigenvalue weighted by molar-refractivity contribution is 5.73. The quantitative estimate of drug-likeness (QED) is 0.737. The topological polar surface area (TPSA) is 69.6 Å². The van der Waals surface area contributed by atoms with E-state index in [1.807, 2.05) is 45.0 Å². The molecule has 4 heteroatoms. The number of aliphatic carboxylic acids is 1. The summed E-state index contributed by atoms with van der Waals surface area (Å²) in [7, 11) is 0. The van der Waals surface area contributed by atoms with E-state index in [-0.39, 0.29) is 12.0 Å². The zero-order valence-electron chi connectivity index (χ0n) is 11.9. The first-order valence-electron chi connectivity index (χ1n) is 6.56. The molecule has 3 N–H and O–H groups in total. The second kappa shape index (κ2) is 6.68. The summed E-state index contributed by atoms with van der Waals surface area (Å²) in [6.07, 6.45) is -0.721. The van der Waals surface area contributed by atoms with Crippen molar-refractivity contribution < 1.29 is 15.0 Å². The normalized spacial score (nSPS) is 16.1. The summed E-state index contributed by atoms with van der Waals surface area (Å²) in [6.45, 7) is 7.47. The highest BCUT2D eigenvalue weighted by Gasteiger charge is 2.26. The summed E-state index contributed by atoms with van der Waals surface area (Å²) in [6, 6.07) is 6.61. The molecule has 0 aliphatic rings. The molecular weight excluding hydrogens is 242 g/mol. The number of carbonyl (C=O) groups is 1. The Hall–Kier alpha value is -1.39. The number of hydrogen-bond acceptors (Lipinski definition) is 3. The number of aryl methyl sites for hydroxylation is 1. The minimum atomic E-state index is -0.891. The van der Waals surface area contributed by atoms with Crippen LogP contribution < -0.4 is 5.32 Å². The summed E-state index contributed by atoms with van der Waals surface area (Å²) in [4.78, 5) is 11.1. The van der Waals surface area contributed by atoms with Gasteiger partial charge in [0, 0.05) is 6.04 Å². The number of hydrogen-bond donors (Lipinski definition) is 3. The number of rotatable bonds is 6. The minimum absolute atomic E-state index is 0.0369. The van der Waals surface area contributed by atoms with E-state index in [4.69, 9.17) is 5.11 Å². The van der Waals surface area contributed by atoms with Gasteiger partial charge in [-0.3, -0.25) is 10.1 Å². The molecule has 0 aliphatic heterocycles. The van der Waals surface area contributed by atoms with Crippen LogP contribution in [0.25, 0.3) is 0 Å². The first-order valence-corrected chi connectivity index (χ1v) is 6.56. The molecule has 106 valence electrons. The molecule has 0 bridgehead atoms. The fraction of sp³-hybridized carbons (Fsp3) is 0.533. The summed E-state index contributed by atoms with van der Waals surface area (Å²) in [5, 5.41) is 22.4. The highest BCUT2D eigenvalue weighted by Crippen LogP contribution is 2.18. The van der Waals surface area contributed by atoms with Crippen molar-refractivity contribution in [3.8, 4) is 0 Å². The van der Waals surface area contributed by atoms with Crippen molar-refractivity contribution >= 4 is 5.97 Å². The monoisotopic (exact) mass is 265 g/mol. The van der Waals surface area contributed by atoms with Gasteiger partial charge in [0.05, 0.1) is 6.10 Å². The Bertz CT molecular complexity index is 414. The van der Waals surface area contributed by atoms with Gasteiger partial charge in [0.2, 0.25) is 0 Å². The Morgan fingerprint density at radius 3 is 2.11 bits per heavy atom. The van der Waals surface area contributed by atoms with E-state index in [1.165, 1.54) is 0 Å². The Morgan fingerprint density at radius 2 is 1.68 bits per heavy atom. The maximum atomic E-state index is 11.1. The van der Waals surface area contributed by atoms with Crippen LogP contribution in [0.2, 0.25) is 0 Å². The van der Waals surface area contributed by atoms with Crippen molar-refractivity contribution in [2.24, 2.45) is 5.92 Å². The van der Waals surface area contributed by atoms with Crippen molar-refractivity contribution in [2.45, 2.75) is 45.9 Å². The fourth-order valence-corrected chi connectivity index (χ4v) is 1.98. The van der Waals surface area contributed by atoms with Crippen molar-refractivity contribution in [2.75, 3.05) is 0 Å². The van der Waals surface area contributed by atoms with Gasteiger partial charge in [-0.25, -0.2) is 0 Å². The molecule has 0 aliphatic carbocycles. The van der Waals surface area contributed by atoms with Gasteiger partial charge in [0.15, 0.2) is 0 Å². The number of benzene rings is 1. The van der Waals surface area contributed by atoms with E-state index >= 15 is 0 Å². The molecule has 0 saturated carbocycles. The largest absolute Gasteiger partial charge is 0.480 e. The van der Waals surface area contributed by atoms with Gasteiger partial charge in [-0.2, -0.15) is 0 Å². The standard InChI is InChI=1S/C15H23NO3/c1-9(2)13(15(18)19)16-11(4)14(17)12-7-5-10(3)6-8-12/h5-9,11,13-14,16-17H,1-4H3,(H,18,19). The molecule has 1 rings (SSSR count). The van der Waals surface area contributed by atoms with Crippen LogP contribution in [0.15, 0.2) is 24.3 Å². The predicted molar refractivity (Wildman–Crippen MR) is 75.0 cm³/mol. The minimum Gasteiger partial charge on any atom is -0.480 e. The van der Waals surface area contributed by atoms with Crippen LogP contribution in [0.3, 0.4) is 0 Å². The van der Waals surface area contributed by atoms with E-state index in [9.17, 15) is 9.90 Å². The van der Waals surface area contributed by atoms with Crippen LogP contribution in [-0.4, -0.2) is 28.3 Å². The van der Waals surface area contributed by atoms with Crippen molar-refractivity contribution in [1.29, 1.82) is 0 Å². The molecule has 1 aromatic rings. The van der Waals surface area contributed by atoms with E-state index in [2.05, 4.69) is 5.32 Å². The Kier molecular flexibility index (Phi) is 5.51. The average molecular weight is 265 g/mol. The molecule has 1 aromatic carbocycles. The summed E-state index contributed by atoms with van der Waals surface area (Å²) in [5.41, 5.74) is 1.92. The van der Waals surface area contributed by atoms with Gasteiger partial charge >= 0.3 is 5.97 Å². The molecule has 0 radical (unpaired) electrons. The van der Waals surface area contributed by atoms with Gasteiger partial charge in [-0.1, -0.05) is 43.7 Å². The lowest BCUT2D eigenvalue weighted by Gasteiger charge is -2.26. The van der Waals surface area contributed by atoms with Crippen LogP contribution in [-0.2, 0) is 4.79 Å². The number of nitrogens with one attached hydrogen (secondary N) is 1. The third kappa shape index (κ3) is 4.33. The molecule has 3 unspecified atom stereocenters. The van der Waals surface area contributed by atoms with Crippen LogP contribution in [0, 0.1) is 12.8 Å². The molecule has 0 amide bonds. The van der Waals surface area contributed by atoms with E-state index < -0.39 is 18.1 Å². The number of carboxylic acid groups (broad SMARTS) is 1. The third-order valence-corrected chi connectivity index (χ3v) is 3.27. The molecule has 4 nitrogen and oxygen atoms in total. The van der Waals surface area contributed by atoms with Gasteiger partial charge in [-0.05, 0) is 25.3 Å². The lowest BCUT2D eigenvalue weighted by atomic mass is 9.99. The number of carboxylic acids is 1. The SMILES string of the molecule is Cc1ccc(C(O)C(C)NC(C(=O)O)C(C)C)cc1. The molecular formula is C15H23NO3.